The molecule has 0 bridgehead atoms. The lowest BCUT2D eigenvalue weighted by Crippen LogP contribution is -2.34. The molecule has 3 rings (SSSR count). The first-order valence-corrected chi connectivity index (χ1v) is 9.12. The molecule has 1 aromatic carbocycles. The Balaban J connectivity index is 2.18. The third-order valence-corrected chi connectivity index (χ3v) is 4.87. The van der Waals surface area contributed by atoms with E-state index in [1.54, 1.807) is 0 Å². The zero-order valence-electron chi connectivity index (χ0n) is 15.6. The summed E-state index contributed by atoms with van der Waals surface area (Å²) in [4.78, 5) is 25.4. The minimum atomic E-state index is -0.459. The maximum absolute atomic E-state index is 12.8. The molecule has 138 valence electrons. The highest BCUT2D eigenvalue weighted by molar-refractivity contribution is 6.03. The van der Waals surface area contributed by atoms with Gasteiger partial charge in [-0.1, -0.05) is 25.1 Å². The molecular weight excluding hydrogens is 330 g/mol. The fourth-order valence-corrected chi connectivity index (χ4v) is 3.74. The van der Waals surface area contributed by atoms with Crippen LogP contribution >= 0.6 is 0 Å². The van der Waals surface area contributed by atoms with Gasteiger partial charge in [0.15, 0.2) is 5.78 Å². The number of benzene rings is 1. The number of carbonyl (C=O) groups excluding carboxylic acids is 2. The van der Waals surface area contributed by atoms with E-state index in [1.807, 2.05) is 38.1 Å². The van der Waals surface area contributed by atoms with E-state index < -0.39 is 11.9 Å². The molecule has 2 aliphatic rings. The van der Waals surface area contributed by atoms with Crippen LogP contribution in [-0.2, 0) is 14.3 Å². The minimum absolute atomic E-state index is 0.0861. The number of nitrogens with one attached hydrogen (secondary N) is 1. The van der Waals surface area contributed by atoms with Crippen molar-refractivity contribution in [3.05, 3.63) is 52.4 Å². The monoisotopic (exact) mass is 355 g/mol. The second-order valence-corrected chi connectivity index (χ2v) is 6.64. The number of rotatable bonds is 5. The lowest BCUT2D eigenvalue weighted by molar-refractivity contribution is -0.136. The second kappa shape index (κ2) is 7.77. The van der Waals surface area contributed by atoms with Gasteiger partial charge in [0.2, 0.25) is 0 Å². The lowest BCUT2D eigenvalue weighted by Gasteiger charge is -2.34. The zero-order valence-corrected chi connectivity index (χ0v) is 15.6. The molecule has 0 aromatic heterocycles. The van der Waals surface area contributed by atoms with Gasteiger partial charge in [-0.15, -0.1) is 0 Å². The third kappa shape index (κ3) is 3.26. The van der Waals surface area contributed by atoms with E-state index in [4.69, 9.17) is 9.47 Å². The van der Waals surface area contributed by atoms with Crippen LogP contribution in [0.15, 0.2) is 46.8 Å². The molecule has 1 N–H and O–H groups in total. The number of ketones is 1. The second-order valence-electron chi connectivity index (χ2n) is 6.64. The van der Waals surface area contributed by atoms with Crippen LogP contribution in [0.1, 0.15) is 51.0 Å². The van der Waals surface area contributed by atoms with Gasteiger partial charge in [-0.25, -0.2) is 4.79 Å². The third-order valence-electron chi connectivity index (χ3n) is 4.87. The summed E-state index contributed by atoms with van der Waals surface area (Å²) in [5.41, 5.74) is 3.65. The number of hydrogen-bond donors (Lipinski definition) is 1. The fourth-order valence-electron chi connectivity index (χ4n) is 3.74. The molecule has 0 amide bonds. The highest BCUT2D eigenvalue weighted by atomic mass is 16.5. The van der Waals surface area contributed by atoms with Crippen LogP contribution in [0, 0.1) is 0 Å². The Kier molecular flexibility index (Phi) is 5.45. The van der Waals surface area contributed by atoms with Crippen LogP contribution in [0.2, 0.25) is 0 Å². The van der Waals surface area contributed by atoms with Crippen molar-refractivity contribution in [1.82, 2.24) is 5.32 Å². The molecule has 26 heavy (non-hydrogen) atoms. The summed E-state index contributed by atoms with van der Waals surface area (Å²) >= 11 is 0. The number of methoxy groups -OCH3 is 1. The lowest BCUT2D eigenvalue weighted by atomic mass is 9.75. The molecule has 1 aromatic rings. The molecule has 1 aliphatic heterocycles. The molecule has 0 radical (unpaired) electrons. The summed E-state index contributed by atoms with van der Waals surface area (Å²) in [6.45, 7) is 4.48. The number of dihydropyridines is 1. The van der Waals surface area contributed by atoms with E-state index >= 15 is 0 Å². The van der Waals surface area contributed by atoms with Crippen LogP contribution in [0.3, 0.4) is 0 Å². The van der Waals surface area contributed by atoms with Crippen LogP contribution in [0.5, 0.6) is 5.75 Å². The number of Topliss-reactive ketones (excluding diaryl/α,β-unsaturated/α-hetero) is 1. The quantitative estimate of drug-likeness (QED) is 0.818. The molecule has 1 aliphatic carbocycles. The fraction of sp³-hybridized carbons (Fsp3) is 0.429. The number of para-hydroxylation sites is 1. The van der Waals surface area contributed by atoms with Crippen molar-refractivity contribution in [3.63, 3.8) is 0 Å². The SMILES string of the molecule is CCCOc1ccccc1[C@H]1C(C(=O)OC)=C(C)NC2=C1C(=O)CCC2. The van der Waals surface area contributed by atoms with Gasteiger partial charge in [0, 0.05) is 29.0 Å². The number of allylic oxidation sites excluding steroid dienone is 3. The van der Waals surface area contributed by atoms with E-state index in [0.29, 0.717) is 29.9 Å². The summed E-state index contributed by atoms with van der Waals surface area (Å²) in [6.07, 6.45) is 3.02. The van der Waals surface area contributed by atoms with Crippen molar-refractivity contribution in [2.24, 2.45) is 0 Å². The normalized spacial score (nSPS) is 19.8. The van der Waals surface area contributed by atoms with Crippen molar-refractivity contribution in [2.45, 2.75) is 45.4 Å². The standard InChI is InChI=1S/C21H25NO4/c1-4-12-26-17-11-6-5-8-14(17)19-18(21(24)25-3)13(2)22-15-9-7-10-16(23)20(15)19/h5-6,8,11,19,22H,4,7,9-10,12H2,1-3H3/t19-/m0/s1. The number of hydrogen-bond acceptors (Lipinski definition) is 5. The molecule has 1 heterocycles. The summed E-state index contributed by atoms with van der Waals surface area (Å²) < 4.78 is 11.0. The van der Waals surface area contributed by atoms with Gasteiger partial charge in [-0.05, 0) is 32.3 Å². The topological polar surface area (TPSA) is 64.6 Å². The average molecular weight is 355 g/mol. The summed E-state index contributed by atoms with van der Waals surface area (Å²) in [5.74, 6) is -0.0848. The number of ether oxygens (including phenoxy) is 2. The first kappa shape index (κ1) is 18.2. The van der Waals surface area contributed by atoms with Gasteiger partial charge in [-0.2, -0.15) is 0 Å². The Morgan fingerprint density at radius 3 is 2.77 bits per heavy atom. The first-order valence-electron chi connectivity index (χ1n) is 9.12. The molecule has 0 unspecified atom stereocenters. The maximum atomic E-state index is 12.8. The van der Waals surface area contributed by atoms with E-state index in [0.717, 1.165) is 36.2 Å². The summed E-state index contributed by atoms with van der Waals surface area (Å²) in [7, 11) is 1.37. The van der Waals surface area contributed by atoms with Gasteiger partial charge in [0.1, 0.15) is 5.75 Å². The Morgan fingerprint density at radius 2 is 2.04 bits per heavy atom. The molecule has 0 spiro atoms. The number of esters is 1. The Hall–Kier alpha value is -2.56. The molecule has 1 atom stereocenters. The van der Waals surface area contributed by atoms with E-state index in [1.165, 1.54) is 7.11 Å². The Morgan fingerprint density at radius 1 is 1.27 bits per heavy atom. The Bertz CT molecular complexity index is 791. The zero-order chi connectivity index (χ0) is 18.7. The van der Waals surface area contributed by atoms with Crippen LogP contribution in [-0.4, -0.2) is 25.5 Å². The van der Waals surface area contributed by atoms with Gasteiger partial charge >= 0.3 is 5.97 Å². The van der Waals surface area contributed by atoms with E-state index in [9.17, 15) is 9.59 Å². The predicted octanol–water partition coefficient (Wildman–Crippen LogP) is 3.62. The molecule has 0 saturated carbocycles. The maximum Gasteiger partial charge on any atom is 0.336 e. The van der Waals surface area contributed by atoms with Gasteiger partial charge in [-0.3, -0.25) is 4.79 Å². The molecule has 0 fully saturated rings. The van der Waals surface area contributed by atoms with Crippen LogP contribution < -0.4 is 10.1 Å². The minimum Gasteiger partial charge on any atom is -0.493 e. The van der Waals surface area contributed by atoms with Crippen molar-refractivity contribution < 1.29 is 19.1 Å². The van der Waals surface area contributed by atoms with E-state index in [-0.39, 0.29) is 5.78 Å². The van der Waals surface area contributed by atoms with Crippen LogP contribution in [0.4, 0.5) is 0 Å². The molecule has 5 heteroatoms. The average Bonchev–Trinajstić information content (AvgIpc) is 2.65. The predicted molar refractivity (Wildman–Crippen MR) is 98.7 cm³/mol. The van der Waals surface area contributed by atoms with Crippen molar-refractivity contribution in [3.8, 4) is 5.75 Å². The first-order chi connectivity index (χ1) is 12.6. The highest BCUT2D eigenvalue weighted by Crippen LogP contribution is 2.45. The summed E-state index contributed by atoms with van der Waals surface area (Å²) in [5, 5.41) is 3.27. The number of carbonyl (C=O) groups is 2. The molecular formula is C21H25NO4. The largest absolute Gasteiger partial charge is 0.493 e. The smallest absolute Gasteiger partial charge is 0.336 e. The van der Waals surface area contributed by atoms with Gasteiger partial charge in [0.05, 0.1) is 25.2 Å². The van der Waals surface area contributed by atoms with Crippen LogP contribution in [0.25, 0.3) is 0 Å². The Labute approximate surface area is 154 Å². The van der Waals surface area contributed by atoms with Crippen molar-refractivity contribution in [2.75, 3.05) is 13.7 Å². The van der Waals surface area contributed by atoms with Crippen molar-refractivity contribution in [1.29, 1.82) is 0 Å². The van der Waals surface area contributed by atoms with Gasteiger partial charge in [0.25, 0.3) is 0 Å². The molecule has 5 nitrogen and oxygen atoms in total. The molecule has 0 saturated heterocycles. The van der Waals surface area contributed by atoms with Gasteiger partial charge < -0.3 is 14.8 Å². The highest BCUT2D eigenvalue weighted by Gasteiger charge is 2.40. The summed E-state index contributed by atoms with van der Waals surface area (Å²) in [6, 6.07) is 7.64. The van der Waals surface area contributed by atoms with E-state index in [2.05, 4.69) is 5.32 Å². The van der Waals surface area contributed by atoms with Crippen molar-refractivity contribution >= 4 is 11.8 Å².